The van der Waals surface area contributed by atoms with Gasteiger partial charge in [-0.1, -0.05) is 36.4 Å². The van der Waals surface area contributed by atoms with E-state index in [4.69, 9.17) is 0 Å². The fourth-order valence-corrected chi connectivity index (χ4v) is 3.85. The van der Waals surface area contributed by atoms with Crippen molar-refractivity contribution in [3.05, 3.63) is 66.0 Å². The minimum atomic E-state index is -0.143. The number of hydrazine groups is 1. The zero-order chi connectivity index (χ0) is 18.5. The SMILES string of the molecule is O=C(C1CC(c2ccccc2)NN1)N1CCN(CCc2ccccn2)CC1. The van der Waals surface area contributed by atoms with E-state index in [0.717, 1.165) is 51.3 Å². The maximum Gasteiger partial charge on any atom is 0.241 e. The van der Waals surface area contributed by atoms with Gasteiger partial charge < -0.3 is 4.90 Å². The molecule has 142 valence electrons. The second kappa shape index (κ2) is 8.61. The van der Waals surface area contributed by atoms with Crippen LogP contribution >= 0.6 is 0 Å². The molecular formula is C21H27N5O. The Bertz CT molecular complexity index is 731. The van der Waals surface area contributed by atoms with E-state index >= 15 is 0 Å². The third-order valence-corrected chi connectivity index (χ3v) is 5.50. The van der Waals surface area contributed by atoms with Crippen LogP contribution in [0, 0.1) is 0 Å². The van der Waals surface area contributed by atoms with E-state index in [1.165, 1.54) is 5.56 Å². The number of nitrogens with zero attached hydrogens (tertiary/aromatic N) is 3. The number of aromatic nitrogens is 1. The Morgan fingerprint density at radius 2 is 1.78 bits per heavy atom. The molecular weight excluding hydrogens is 338 g/mol. The molecule has 4 rings (SSSR count). The zero-order valence-corrected chi connectivity index (χ0v) is 15.6. The van der Waals surface area contributed by atoms with Crippen molar-refractivity contribution in [2.75, 3.05) is 32.7 Å². The van der Waals surface area contributed by atoms with Crippen LogP contribution < -0.4 is 10.9 Å². The lowest BCUT2D eigenvalue weighted by atomic mass is 10.0. The summed E-state index contributed by atoms with van der Waals surface area (Å²) in [6.07, 6.45) is 3.60. The monoisotopic (exact) mass is 365 g/mol. The summed E-state index contributed by atoms with van der Waals surface area (Å²) in [6, 6.07) is 16.4. The number of pyridine rings is 1. The highest BCUT2D eigenvalue weighted by Crippen LogP contribution is 2.23. The molecule has 2 aliphatic heterocycles. The van der Waals surface area contributed by atoms with Crippen LogP contribution in [0.15, 0.2) is 54.7 Å². The van der Waals surface area contributed by atoms with Crippen LogP contribution in [0.3, 0.4) is 0 Å². The van der Waals surface area contributed by atoms with Crippen molar-refractivity contribution in [3.63, 3.8) is 0 Å². The van der Waals surface area contributed by atoms with Crippen LogP contribution in [-0.4, -0.2) is 59.5 Å². The Balaban J connectivity index is 1.23. The lowest BCUT2D eigenvalue weighted by Crippen LogP contribution is -2.53. The van der Waals surface area contributed by atoms with Gasteiger partial charge in [-0.3, -0.25) is 14.7 Å². The van der Waals surface area contributed by atoms with Crippen molar-refractivity contribution in [3.8, 4) is 0 Å². The van der Waals surface area contributed by atoms with E-state index in [2.05, 4.69) is 38.9 Å². The second-order valence-electron chi connectivity index (χ2n) is 7.28. The highest BCUT2D eigenvalue weighted by molar-refractivity contribution is 5.82. The van der Waals surface area contributed by atoms with Crippen LogP contribution in [-0.2, 0) is 11.2 Å². The van der Waals surface area contributed by atoms with Crippen LogP contribution in [0.4, 0.5) is 0 Å². The summed E-state index contributed by atoms with van der Waals surface area (Å²) in [5, 5.41) is 0. The molecule has 6 heteroatoms. The molecule has 2 atom stereocenters. The van der Waals surface area contributed by atoms with Crippen molar-refractivity contribution in [1.29, 1.82) is 0 Å². The smallest absolute Gasteiger partial charge is 0.241 e. The maximum atomic E-state index is 12.9. The Labute approximate surface area is 160 Å². The largest absolute Gasteiger partial charge is 0.339 e. The second-order valence-corrected chi connectivity index (χ2v) is 7.28. The molecule has 0 aliphatic carbocycles. The molecule has 0 bridgehead atoms. The average molecular weight is 365 g/mol. The first-order chi connectivity index (χ1) is 13.3. The molecule has 6 nitrogen and oxygen atoms in total. The van der Waals surface area contributed by atoms with Gasteiger partial charge in [0.05, 0.1) is 0 Å². The average Bonchev–Trinajstić information content (AvgIpc) is 3.24. The molecule has 2 fully saturated rings. The Kier molecular flexibility index (Phi) is 5.77. The van der Waals surface area contributed by atoms with Crippen LogP contribution in [0.25, 0.3) is 0 Å². The van der Waals surface area contributed by atoms with Crippen molar-refractivity contribution in [2.24, 2.45) is 0 Å². The van der Waals surface area contributed by atoms with Crippen molar-refractivity contribution < 1.29 is 4.79 Å². The van der Waals surface area contributed by atoms with E-state index in [-0.39, 0.29) is 18.0 Å². The van der Waals surface area contributed by atoms with Crippen LogP contribution in [0.1, 0.15) is 23.7 Å². The predicted molar refractivity (Wildman–Crippen MR) is 105 cm³/mol. The first-order valence-electron chi connectivity index (χ1n) is 9.76. The number of carbonyl (C=O) groups is 1. The minimum absolute atomic E-state index is 0.143. The van der Waals surface area contributed by atoms with Gasteiger partial charge in [0.25, 0.3) is 0 Å². The number of amides is 1. The predicted octanol–water partition coefficient (Wildman–Crippen LogP) is 1.38. The van der Waals surface area contributed by atoms with Gasteiger partial charge in [0.2, 0.25) is 5.91 Å². The number of hydrogen-bond donors (Lipinski definition) is 2. The summed E-state index contributed by atoms with van der Waals surface area (Å²) in [5.41, 5.74) is 8.82. The highest BCUT2D eigenvalue weighted by Gasteiger charge is 2.33. The molecule has 0 saturated carbocycles. The Morgan fingerprint density at radius 1 is 1.00 bits per heavy atom. The van der Waals surface area contributed by atoms with E-state index in [9.17, 15) is 4.79 Å². The molecule has 1 aromatic heterocycles. The fourth-order valence-electron chi connectivity index (χ4n) is 3.85. The van der Waals surface area contributed by atoms with Crippen molar-refractivity contribution in [1.82, 2.24) is 25.6 Å². The van der Waals surface area contributed by atoms with Crippen LogP contribution in [0.5, 0.6) is 0 Å². The van der Waals surface area contributed by atoms with Gasteiger partial charge in [0.1, 0.15) is 6.04 Å². The first-order valence-corrected chi connectivity index (χ1v) is 9.76. The van der Waals surface area contributed by atoms with Crippen LogP contribution in [0.2, 0.25) is 0 Å². The Morgan fingerprint density at radius 3 is 2.52 bits per heavy atom. The number of benzene rings is 1. The van der Waals surface area contributed by atoms with Gasteiger partial charge >= 0.3 is 0 Å². The molecule has 2 N–H and O–H groups in total. The Hall–Kier alpha value is -2.28. The van der Waals surface area contributed by atoms with Gasteiger partial charge in [-0.05, 0) is 24.1 Å². The molecule has 3 heterocycles. The summed E-state index contributed by atoms with van der Waals surface area (Å²) in [4.78, 5) is 21.7. The van der Waals surface area contributed by atoms with Crippen molar-refractivity contribution >= 4 is 5.91 Å². The van der Waals surface area contributed by atoms with Crippen molar-refractivity contribution in [2.45, 2.75) is 24.9 Å². The minimum Gasteiger partial charge on any atom is -0.339 e. The number of nitrogens with one attached hydrogen (secondary N) is 2. The van der Waals surface area contributed by atoms with E-state index < -0.39 is 0 Å². The highest BCUT2D eigenvalue weighted by atomic mass is 16.2. The van der Waals surface area contributed by atoms with Gasteiger partial charge in [-0.25, -0.2) is 10.9 Å². The zero-order valence-electron chi connectivity index (χ0n) is 15.6. The lowest BCUT2D eigenvalue weighted by molar-refractivity contribution is -0.134. The number of hydrogen-bond acceptors (Lipinski definition) is 5. The van der Waals surface area contributed by atoms with Gasteiger partial charge in [0.15, 0.2) is 0 Å². The molecule has 27 heavy (non-hydrogen) atoms. The van der Waals surface area contributed by atoms with Gasteiger partial charge in [0, 0.05) is 57.1 Å². The maximum absolute atomic E-state index is 12.9. The topological polar surface area (TPSA) is 60.5 Å². The van der Waals surface area contributed by atoms with Gasteiger partial charge in [-0.2, -0.15) is 0 Å². The standard InChI is InChI=1S/C21H27N5O/c27-21(20-16-19(23-24-20)17-6-2-1-3-7-17)26-14-12-25(13-15-26)11-9-18-8-4-5-10-22-18/h1-8,10,19-20,23-24H,9,11-16H2. The van der Waals surface area contributed by atoms with E-state index in [1.54, 1.807) is 0 Å². The molecule has 2 aliphatic rings. The normalized spacial score (nSPS) is 23.5. The number of carbonyl (C=O) groups excluding carboxylic acids is 1. The summed E-state index contributed by atoms with van der Waals surface area (Å²) < 4.78 is 0. The molecule has 2 aromatic rings. The fraction of sp³-hybridized carbons (Fsp3) is 0.429. The van der Waals surface area contributed by atoms with Gasteiger partial charge in [-0.15, -0.1) is 0 Å². The molecule has 1 amide bonds. The lowest BCUT2D eigenvalue weighted by Gasteiger charge is -2.35. The third-order valence-electron chi connectivity index (χ3n) is 5.50. The molecule has 0 radical (unpaired) electrons. The van der Waals surface area contributed by atoms with E-state index in [0.29, 0.717) is 0 Å². The summed E-state index contributed by atoms with van der Waals surface area (Å²) in [5.74, 6) is 0.213. The first kappa shape index (κ1) is 18.1. The number of piperazine rings is 1. The van der Waals surface area contributed by atoms with E-state index in [1.807, 2.05) is 41.4 Å². The summed E-state index contributed by atoms with van der Waals surface area (Å²) >= 11 is 0. The molecule has 1 aromatic carbocycles. The molecule has 2 saturated heterocycles. The summed E-state index contributed by atoms with van der Waals surface area (Å²) in [6.45, 7) is 4.46. The molecule has 2 unspecified atom stereocenters. The third kappa shape index (κ3) is 4.53. The quantitative estimate of drug-likeness (QED) is 0.838. The summed E-state index contributed by atoms with van der Waals surface area (Å²) in [7, 11) is 0. The number of rotatable bonds is 5. The molecule has 0 spiro atoms.